The van der Waals surface area contributed by atoms with E-state index in [1.165, 1.54) is 0 Å². The number of anilines is 1. The van der Waals surface area contributed by atoms with E-state index in [0.717, 1.165) is 40.5 Å². The maximum absolute atomic E-state index is 12.1. The van der Waals surface area contributed by atoms with Gasteiger partial charge in [-0.1, -0.05) is 30.3 Å². The average Bonchev–Trinajstić information content (AvgIpc) is 3.10. The minimum atomic E-state index is -0.0480. The maximum atomic E-state index is 12.1. The van der Waals surface area contributed by atoms with Gasteiger partial charge in [0.2, 0.25) is 5.95 Å². The molecule has 25 heavy (non-hydrogen) atoms. The van der Waals surface area contributed by atoms with Crippen LogP contribution in [0.5, 0.6) is 0 Å². The number of hydrogen-bond donors (Lipinski definition) is 3. The van der Waals surface area contributed by atoms with E-state index in [1.807, 2.05) is 35.7 Å². The van der Waals surface area contributed by atoms with Crippen molar-refractivity contribution in [3.05, 3.63) is 62.3 Å². The number of thiazole rings is 1. The first-order chi connectivity index (χ1) is 11.8. The second kappa shape index (κ2) is 7.77. The minimum Gasteiger partial charge on any atom is -0.349 e. The van der Waals surface area contributed by atoms with Gasteiger partial charge in [0.05, 0.1) is 17.9 Å². The lowest BCUT2D eigenvalue weighted by Crippen LogP contribution is -2.31. The van der Waals surface area contributed by atoms with Crippen LogP contribution in [-0.4, -0.2) is 21.5 Å². The summed E-state index contributed by atoms with van der Waals surface area (Å²) >= 11 is 1.59. The topological polar surface area (TPSA) is 82.7 Å². The predicted molar refractivity (Wildman–Crippen MR) is 102 cm³/mol. The molecule has 2 aromatic heterocycles. The van der Waals surface area contributed by atoms with Crippen LogP contribution in [0, 0.1) is 0 Å². The second-order valence-electron chi connectivity index (χ2n) is 5.61. The minimum absolute atomic E-state index is 0. The summed E-state index contributed by atoms with van der Waals surface area (Å²) in [6.07, 6.45) is 0.727. The molecular weight excluding hydrogens is 358 g/mol. The molecule has 3 aromatic rings. The highest BCUT2D eigenvalue weighted by Crippen LogP contribution is 2.21. The lowest BCUT2D eigenvalue weighted by atomic mass is 10.1. The quantitative estimate of drug-likeness (QED) is 0.652. The number of fused-ring (bicyclic) bond motifs is 1. The monoisotopic (exact) mass is 375 g/mol. The summed E-state index contributed by atoms with van der Waals surface area (Å²) in [5.74, 6) is 0.499. The zero-order chi connectivity index (χ0) is 16.4. The number of nitrogens with zero attached hydrogens (tertiary/aromatic N) is 2. The Balaban J connectivity index is 0.00000182. The van der Waals surface area contributed by atoms with Crippen LogP contribution in [0.15, 0.2) is 40.5 Å². The van der Waals surface area contributed by atoms with E-state index in [2.05, 4.69) is 25.6 Å². The fourth-order valence-electron chi connectivity index (χ4n) is 2.75. The van der Waals surface area contributed by atoms with Crippen molar-refractivity contribution in [2.45, 2.75) is 19.5 Å². The number of hydrogen-bond acceptors (Lipinski definition) is 6. The number of nitrogens with one attached hydrogen (secondary N) is 3. The van der Waals surface area contributed by atoms with Crippen molar-refractivity contribution in [2.75, 3.05) is 11.9 Å². The first-order valence-electron chi connectivity index (χ1n) is 7.86. The number of halogens is 1. The molecule has 0 spiro atoms. The Kier molecular flexibility index (Phi) is 5.47. The summed E-state index contributed by atoms with van der Waals surface area (Å²) in [7, 11) is 0. The number of benzene rings is 1. The van der Waals surface area contributed by atoms with Crippen LogP contribution in [-0.2, 0) is 19.5 Å². The third-order valence-corrected chi connectivity index (χ3v) is 4.82. The summed E-state index contributed by atoms with van der Waals surface area (Å²) in [6.45, 7) is 2.00. The molecule has 3 N–H and O–H groups in total. The molecule has 0 radical (unpaired) electrons. The standard InChI is InChI=1S/C17H17N5OS.ClH/c23-16-12-6-7-18-8-13(12)21-17(22-16)19-9-15-20-14(10-24-15)11-4-2-1-3-5-11;/h1-5,10,18H,6-9H2,(H2,19,21,22,23);1H. The van der Waals surface area contributed by atoms with Crippen molar-refractivity contribution in [2.24, 2.45) is 0 Å². The van der Waals surface area contributed by atoms with Crippen molar-refractivity contribution in [1.29, 1.82) is 0 Å². The van der Waals surface area contributed by atoms with Gasteiger partial charge in [0.1, 0.15) is 5.01 Å². The molecule has 0 aliphatic carbocycles. The van der Waals surface area contributed by atoms with Gasteiger partial charge in [-0.15, -0.1) is 23.7 Å². The van der Waals surface area contributed by atoms with Crippen LogP contribution in [0.4, 0.5) is 5.95 Å². The molecule has 1 aliphatic rings. The van der Waals surface area contributed by atoms with Gasteiger partial charge >= 0.3 is 0 Å². The molecule has 1 aromatic carbocycles. The van der Waals surface area contributed by atoms with Gasteiger partial charge in [0, 0.05) is 23.1 Å². The summed E-state index contributed by atoms with van der Waals surface area (Å²) in [6, 6.07) is 10.1. The molecule has 0 fully saturated rings. The van der Waals surface area contributed by atoms with Crippen LogP contribution in [0.2, 0.25) is 0 Å². The Morgan fingerprint density at radius 2 is 2.04 bits per heavy atom. The smallest absolute Gasteiger partial charge is 0.255 e. The normalized spacial score (nSPS) is 13.0. The molecule has 4 rings (SSSR count). The highest BCUT2D eigenvalue weighted by Gasteiger charge is 2.15. The number of rotatable bonds is 4. The number of aromatic amines is 1. The third-order valence-electron chi connectivity index (χ3n) is 3.97. The van der Waals surface area contributed by atoms with E-state index in [-0.39, 0.29) is 18.0 Å². The van der Waals surface area contributed by atoms with E-state index >= 15 is 0 Å². The first kappa shape index (κ1) is 17.6. The average molecular weight is 376 g/mol. The summed E-state index contributed by atoms with van der Waals surface area (Å²) < 4.78 is 0. The Hall–Kier alpha value is -2.22. The van der Waals surface area contributed by atoms with Crippen LogP contribution in [0.25, 0.3) is 11.3 Å². The lowest BCUT2D eigenvalue weighted by molar-refractivity contribution is 0.619. The van der Waals surface area contributed by atoms with Gasteiger partial charge in [-0.3, -0.25) is 9.78 Å². The zero-order valence-electron chi connectivity index (χ0n) is 13.4. The fourth-order valence-corrected chi connectivity index (χ4v) is 3.49. The van der Waals surface area contributed by atoms with Crippen LogP contribution in [0.3, 0.4) is 0 Å². The SMILES string of the molecule is Cl.O=c1[nH]c(NCc2nc(-c3ccccc3)cs2)nc2c1CCNC2. The summed E-state index contributed by atoms with van der Waals surface area (Å²) in [5.41, 5.74) is 3.64. The van der Waals surface area contributed by atoms with Crippen molar-refractivity contribution < 1.29 is 0 Å². The third kappa shape index (κ3) is 3.89. The van der Waals surface area contributed by atoms with Gasteiger partial charge < -0.3 is 10.6 Å². The molecular formula is C17H18ClN5OS. The first-order valence-corrected chi connectivity index (χ1v) is 8.74. The molecule has 0 saturated heterocycles. The highest BCUT2D eigenvalue weighted by molar-refractivity contribution is 7.09. The molecule has 130 valence electrons. The van der Waals surface area contributed by atoms with Gasteiger partial charge in [-0.2, -0.15) is 0 Å². The zero-order valence-corrected chi connectivity index (χ0v) is 15.0. The van der Waals surface area contributed by atoms with Crippen molar-refractivity contribution in [1.82, 2.24) is 20.3 Å². The molecule has 6 nitrogen and oxygen atoms in total. The molecule has 8 heteroatoms. The predicted octanol–water partition coefficient (Wildman–Crippen LogP) is 2.57. The Morgan fingerprint density at radius 3 is 2.88 bits per heavy atom. The van der Waals surface area contributed by atoms with E-state index in [9.17, 15) is 4.79 Å². The number of aromatic nitrogens is 3. The van der Waals surface area contributed by atoms with Crippen LogP contribution in [0.1, 0.15) is 16.3 Å². The largest absolute Gasteiger partial charge is 0.349 e. The molecule has 0 unspecified atom stereocenters. The van der Waals surface area contributed by atoms with Crippen LogP contribution < -0.4 is 16.2 Å². The van der Waals surface area contributed by atoms with E-state index < -0.39 is 0 Å². The van der Waals surface area contributed by atoms with Crippen molar-refractivity contribution in [3.63, 3.8) is 0 Å². The molecule has 0 saturated carbocycles. The van der Waals surface area contributed by atoms with Crippen molar-refractivity contribution >= 4 is 29.7 Å². The van der Waals surface area contributed by atoms with Gasteiger partial charge in [0.15, 0.2) is 0 Å². The highest BCUT2D eigenvalue weighted by atomic mass is 35.5. The lowest BCUT2D eigenvalue weighted by Gasteiger charge is -2.16. The molecule has 1 aliphatic heterocycles. The van der Waals surface area contributed by atoms with E-state index in [4.69, 9.17) is 0 Å². The maximum Gasteiger partial charge on any atom is 0.255 e. The Bertz CT molecular complexity index is 909. The molecule has 0 bridgehead atoms. The van der Waals surface area contributed by atoms with Gasteiger partial charge in [-0.25, -0.2) is 9.97 Å². The summed E-state index contributed by atoms with van der Waals surface area (Å²) in [5, 5.41) is 9.40. The van der Waals surface area contributed by atoms with Crippen LogP contribution >= 0.6 is 23.7 Å². The van der Waals surface area contributed by atoms with Crippen molar-refractivity contribution in [3.8, 4) is 11.3 Å². The van der Waals surface area contributed by atoms with Gasteiger partial charge in [0.25, 0.3) is 5.56 Å². The molecule has 3 heterocycles. The van der Waals surface area contributed by atoms with E-state index in [0.29, 0.717) is 19.0 Å². The Morgan fingerprint density at radius 1 is 1.20 bits per heavy atom. The number of H-pyrrole nitrogens is 1. The molecule has 0 atom stereocenters. The van der Waals surface area contributed by atoms with Gasteiger partial charge in [-0.05, 0) is 13.0 Å². The second-order valence-corrected chi connectivity index (χ2v) is 6.56. The molecule has 0 amide bonds. The summed E-state index contributed by atoms with van der Waals surface area (Å²) in [4.78, 5) is 24.1. The Labute approximate surface area is 155 Å². The van der Waals surface area contributed by atoms with E-state index in [1.54, 1.807) is 11.3 Å². The fraction of sp³-hybridized carbons (Fsp3) is 0.235.